The molecule has 1 saturated heterocycles. The van der Waals surface area contributed by atoms with Crippen LogP contribution in [-0.4, -0.2) is 61.2 Å². The number of amides is 2. The summed E-state index contributed by atoms with van der Waals surface area (Å²) in [6, 6.07) is 8.85. The molecule has 8 heteroatoms. The molecule has 1 fully saturated rings. The van der Waals surface area contributed by atoms with Gasteiger partial charge in [-0.25, -0.2) is 0 Å². The van der Waals surface area contributed by atoms with Crippen LogP contribution in [0.1, 0.15) is 21.5 Å². The Balaban J connectivity index is 1.73. The van der Waals surface area contributed by atoms with Crippen molar-refractivity contribution >= 4 is 17.5 Å². The number of aromatic nitrogens is 1. The molecule has 8 nitrogen and oxygen atoms in total. The van der Waals surface area contributed by atoms with E-state index in [1.807, 2.05) is 6.07 Å². The van der Waals surface area contributed by atoms with E-state index in [-0.39, 0.29) is 23.5 Å². The van der Waals surface area contributed by atoms with E-state index in [0.29, 0.717) is 31.0 Å². The Kier molecular flexibility index (Phi) is 7.37. The molecule has 0 bridgehead atoms. The molecule has 1 aliphatic heterocycles. The number of ether oxygens (including phenoxy) is 1. The fourth-order valence-corrected chi connectivity index (χ4v) is 3.42. The molecule has 2 aromatic rings. The second kappa shape index (κ2) is 10.2. The maximum Gasteiger partial charge on any atom is 0.263 e. The van der Waals surface area contributed by atoms with Gasteiger partial charge in [-0.15, -0.1) is 0 Å². The SMILES string of the molecule is CNC(=O)Cc1cccc(NC(=O)c2c(C)ccn(CCN3CCOCC3)c2=O)c1. The third-order valence-electron chi connectivity index (χ3n) is 5.19. The Bertz CT molecular complexity index is 964. The number of rotatable bonds is 7. The number of likely N-dealkylation sites (N-methyl/N-ethyl adjacent to an activating group) is 1. The standard InChI is InChI=1S/C22H28N4O4/c1-16-6-7-26(9-8-25-10-12-30-13-11-25)22(29)20(16)21(28)24-18-5-3-4-17(14-18)15-19(27)23-2/h3-7,14H,8-13,15H2,1-2H3,(H,23,27)(H,24,28). The van der Waals surface area contributed by atoms with Crippen LogP contribution < -0.4 is 16.2 Å². The number of hydrogen-bond donors (Lipinski definition) is 2. The van der Waals surface area contributed by atoms with Crippen LogP contribution in [0.5, 0.6) is 0 Å². The van der Waals surface area contributed by atoms with E-state index in [9.17, 15) is 14.4 Å². The predicted octanol–water partition coefficient (Wildman–Crippen LogP) is 1.03. The lowest BCUT2D eigenvalue weighted by Gasteiger charge is -2.26. The minimum atomic E-state index is -0.449. The van der Waals surface area contributed by atoms with Crippen molar-refractivity contribution in [3.63, 3.8) is 0 Å². The first-order valence-electron chi connectivity index (χ1n) is 10.1. The van der Waals surface area contributed by atoms with Crippen molar-refractivity contribution in [2.24, 2.45) is 0 Å². The van der Waals surface area contributed by atoms with Crippen molar-refractivity contribution in [1.29, 1.82) is 0 Å². The molecule has 0 saturated carbocycles. The molecule has 2 amide bonds. The van der Waals surface area contributed by atoms with E-state index < -0.39 is 5.91 Å². The van der Waals surface area contributed by atoms with Crippen molar-refractivity contribution in [2.45, 2.75) is 19.9 Å². The summed E-state index contributed by atoms with van der Waals surface area (Å²) >= 11 is 0. The van der Waals surface area contributed by atoms with Gasteiger partial charge >= 0.3 is 0 Å². The summed E-state index contributed by atoms with van der Waals surface area (Å²) in [6.45, 7) is 6.10. The van der Waals surface area contributed by atoms with E-state index >= 15 is 0 Å². The summed E-state index contributed by atoms with van der Waals surface area (Å²) in [5, 5.41) is 5.37. The van der Waals surface area contributed by atoms with Crippen molar-refractivity contribution in [1.82, 2.24) is 14.8 Å². The topological polar surface area (TPSA) is 92.7 Å². The lowest BCUT2D eigenvalue weighted by molar-refractivity contribution is -0.119. The highest BCUT2D eigenvalue weighted by Gasteiger charge is 2.17. The minimum absolute atomic E-state index is 0.111. The van der Waals surface area contributed by atoms with Crippen molar-refractivity contribution < 1.29 is 14.3 Å². The maximum absolute atomic E-state index is 13.0. The van der Waals surface area contributed by atoms with Crippen molar-refractivity contribution in [3.05, 3.63) is 63.6 Å². The van der Waals surface area contributed by atoms with Crippen LogP contribution >= 0.6 is 0 Å². The van der Waals surface area contributed by atoms with Gasteiger partial charge in [0.1, 0.15) is 5.56 Å². The molecule has 3 rings (SSSR count). The van der Waals surface area contributed by atoms with Crippen LogP contribution in [0.3, 0.4) is 0 Å². The number of aryl methyl sites for hydroxylation is 1. The maximum atomic E-state index is 13.0. The molecule has 1 aromatic carbocycles. The van der Waals surface area contributed by atoms with Crippen molar-refractivity contribution in [3.8, 4) is 0 Å². The number of morpholine rings is 1. The largest absolute Gasteiger partial charge is 0.379 e. The van der Waals surface area contributed by atoms with Gasteiger partial charge in [0.05, 0.1) is 19.6 Å². The molecule has 1 aromatic heterocycles. The number of anilines is 1. The first kappa shape index (κ1) is 21.7. The van der Waals surface area contributed by atoms with E-state index in [1.165, 1.54) is 0 Å². The third kappa shape index (κ3) is 5.55. The predicted molar refractivity (Wildman–Crippen MR) is 115 cm³/mol. The Hall–Kier alpha value is -2.97. The van der Waals surface area contributed by atoms with Gasteiger partial charge in [-0.05, 0) is 36.2 Å². The molecule has 0 unspecified atom stereocenters. The number of carbonyl (C=O) groups excluding carboxylic acids is 2. The Labute approximate surface area is 175 Å². The highest BCUT2D eigenvalue weighted by molar-refractivity contribution is 6.05. The van der Waals surface area contributed by atoms with Gasteiger partial charge in [0, 0.05) is 45.1 Å². The summed E-state index contributed by atoms with van der Waals surface area (Å²) in [7, 11) is 1.58. The van der Waals surface area contributed by atoms with Gasteiger partial charge in [0.15, 0.2) is 0 Å². The lowest BCUT2D eigenvalue weighted by atomic mass is 10.1. The van der Waals surface area contributed by atoms with E-state index in [0.717, 1.165) is 25.2 Å². The summed E-state index contributed by atoms with van der Waals surface area (Å²) in [5.74, 6) is -0.559. The van der Waals surface area contributed by atoms with Crippen molar-refractivity contribution in [2.75, 3.05) is 45.2 Å². The molecule has 2 heterocycles. The monoisotopic (exact) mass is 412 g/mol. The fourth-order valence-electron chi connectivity index (χ4n) is 3.42. The van der Waals surface area contributed by atoms with Gasteiger partial charge in [0.2, 0.25) is 5.91 Å². The zero-order valence-corrected chi connectivity index (χ0v) is 17.4. The van der Waals surface area contributed by atoms with Gasteiger partial charge in [-0.3, -0.25) is 19.3 Å². The average Bonchev–Trinajstić information content (AvgIpc) is 2.74. The minimum Gasteiger partial charge on any atom is -0.379 e. The zero-order valence-electron chi connectivity index (χ0n) is 17.4. The summed E-state index contributed by atoms with van der Waals surface area (Å²) in [4.78, 5) is 39.7. The Morgan fingerprint density at radius 3 is 2.63 bits per heavy atom. The molecule has 1 aliphatic rings. The lowest BCUT2D eigenvalue weighted by Crippen LogP contribution is -2.40. The summed E-state index contributed by atoms with van der Waals surface area (Å²) in [6.07, 6.45) is 1.96. The third-order valence-corrected chi connectivity index (χ3v) is 5.19. The average molecular weight is 412 g/mol. The highest BCUT2D eigenvalue weighted by atomic mass is 16.5. The molecule has 0 atom stereocenters. The second-order valence-corrected chi connectivity index (χ2v) is 7.33. The number of hydrogen-bond acceptors (Lipinski definition) is 5. The number of nitrogens with one attached hydrogen (secondary N) is 2. The Morgan fingerprint density at radius 2 is 1.90 bits per heavy atom. The van der Waals surface area contributed by atoms with Gasteiger partial charge in [0.25, 0.3) is 11.5 Å². The number of carbonyl (C=O) groups is 2. The fraction of sp³-hybridized carbons (Fsp3) is 0.409. The summed E-state index contributed by atoms with van der Waals surface area (Å²) in [5.41, 5.74) is 1.78. The van der Waals surface area contributed by atoms with Crippen LogP contribution in [0, 0.1) is 6.92 Å². The molecular weight excluding hydrogens is 384 g/mol. The molecule has 160 valence electrons. The molecule has 0 aliphatic carbocycles. The molecule has 0 spiro atoms. The van der Waals surface area contributed by atoms with Crippen LogP contribution in [0.15, 0.2) is 41.3 Å². The van der Waals surface area contributed by atoms with Crippen LogP contribution in [0.25, 0.3) is 0 Å². The molecule has 0 radical (unpaired) electrons. The number of pyridine rings is 1. The summed E-state index contributed by atoms with van der Waals surface area (Å²) < 4.78 is 6.93. The number of benzene rings is 1. The zero-order chi connectivity index (χ0) is 21.5. The highest BCUT2D eigenvalue weighted by Crippen LogP contribution is 2.13. The number of nitrogens with zero attached hydrogens (tertiary/aromatic N) is 2. The van der Waals surface area contributed by atoms with Gasteiger partial charge in [-0.1, -0.05) is 12.1 Å². The Morgan fingerprint density at radius 1 is 1.13 bits per heavy atom. The van der Waals surface area contributed by atoms with Crippen LogP contribution in [-0.2, 0) is 22.5 Å². The van der Waals surface area contributed by atoms with Crippen LogP contribution in [0.2, 0.25) is 0 Å². The van der Waals surface area contributed by atoms with Gasteiger partial charge < -0.3 is 19.9 Å². The molecule has 30 heavy (non-hydrogen) atoms. The van der Waals surface area contributed by atoms with E-state index in [2.05, 4.69) is 15.5 Å². The molecule has 2 N–H and O–H groups in total. The van der Waals surface area contributed by atoms with Gasteiger partial charge in [-0.2, -0.15) is 0 Å². The smallest absolute Gasteiger partial charge is 0.263 e. The normalized spacial score (nSPS) is 14.3. The second-order valence-electron chi connectivity index (χ2n) is 7.33. The van der Waals surface area contributed by atoms with Crippen LogP contribution in [0.4, 0.5) is 5.69 Å². The van der Waals surface area contributed by atoms with E-state index in [1.54, 1.807) is 49.0 Å². The quantitative estimate of drug-likeness (QED) is 0.709. The molecular formula is C22H28N4O4. The van der Waals surface area contributed by atoms with E-state index in [4.69, 9.17) is 4.74 Å². The first-order valence-corrected chi connectivity index (χ1v) is 10.1. The first-order chi connectivity index (χ1) is 14.5.